The molecule has 0 spiro atoms. The smallest absolute Gasteiger partial charge is 0.207 e. The lowest BCUT2D eigenvalue weighted by Crippen LogP contribution is -2.34. The van der Waals surface area contributed by atoms with Crippen LogP contribution >= 0.6 is 22.9 Å². The van der Waals surface area contributed by atoms with Gasteiger partial charge in [-0.3, -0.25) is 0 Å². The summed E-state index contributed by atoms with van der Waals surface area (Å²) in [6, 6.07) is 7.54. The molecule has 2 rings (SSSR count). The maximum absolute atomic E-state index is 12.9. The third kappa shape index (κ3) is 3.42. The maximum Gasteiger partial charge on any atom is 0.244 e. The summed E-state index contributed by atoms with van der Waals surface area (Å²) >= 11 is 7.42. The molecular weight excluding hydrogens is 326 g/mol. The van der Waals surface area contributed by atoms with Gasteiger partial charge in [0.2, 0.25) is 10.0 Å². The zero-order valence-corrected chi connectivity index (χ0v) is 15.1. The van der Waals surface area contributed by atoms with Crippen LogP contribution in [0.4, 0.5) is 0 Å². The molecule has 6 heteroatoms. The number of hydrogen-bond acceptors (Lipinski definition) is 3. The molecule has 2 aromatic rings. The van der Waals surface area contributed by atoms with E-state index in [9.17, 15) is 8.42 Å². The first-order valence-corrected chi connectivity index (χ1v) is 9.48. The first kappa shape index (κ1) is 16.7. The van der Waals surface area contributed by atoms with Crippen LogP contribution in [0.5, 0.6) is 0 Å². The van der Waals surface area contributed by atoms with Crippen molar-refractivity contribution in [2.75, 3.05) is 13.6 Å². The van der Waals surface area contributed by atoms with E-state index in [0.717, 1.165) is 10.1 Å². The van der Waals surface area contributed by atoms with Crippen LogP contribution in [0.1, 0.15) is 25.6 Å². The summed E-state index contributed by atoms with van der Waals surface area (Å²) in [7, 11) is -1.91. The lowest BCUT2D eigenvalue weighted by Gasteiger charge is -2.26. The second-order valence-electron chi connectivity index (χ2n) is 6.31. The Morgan fingerprint density at radius 3 is 2.43 bits per heavy atom. The van der Waals surface area contributed by atoms with Gasteiger partial charge in [-0.2, -0.15) is 0 Å². The van der Waals surface area contributed by atoms with Crippen molar-refractivity contribution in [3.8, 4) is 0 Å². The van der Waals surface area contributed by atoms with Gasteiger partial charge in [-0.15, -0.1) is 22.9 Å². The van der Waals surface area contributed by atoms with Crippen LogP contribution < -0.4 is 0 Å². The molecule has 0 N–H and O–H groups in total. The lowest BCUT2D eigenvalue weighted by atomic mass is 9.97. The van der Waals surface area contributed by atoms with Crippen LogP contribution in [-0.4, -0.2) is 26.3 Å². The van der Waals surface area contributed by atoms with Crippen molar-refractivity contribution in [3.05, 3.63) is 29.1 Å². The molecule has 0 saturated carbocycles. The van der Waals surface area contributed by atoms with Crippen molar-refractivity contribution in [2.45, 2.75) is 31.5 Å². The van der Waals surface area contributed by atoms with Gasteiger partial charge in [-0.05, 0) is 11.5 Å². The van der Waals surface area contributed by atoms with Crippen LogP contribution in [0.2, 0.25) is 0 Å². The van der Waals surface area contributed by atoms with Gasteiger partial charge in [-0.1, -0.05) is 39.0 Å². The first-order chi connectivity index (χ1) is 9.66. The third-order valence-electron chi connectivity index (χ3n) is 3.10. The summed E-state index contributed by atoms with van der Waals surface area (Å²) in [5.74, 6) is 0.206. The van der Waals surface area contributed by atoms with E-state index >= 15 is 0 Å². The normalized spacial score (nSPS) is 13.2. The highest BCUT2D eigenvalue weighted by molar-refractivity contribution is 7.89. The number of rotatable bonds is 4. The quantitative estimate of drug-likeness (QED) is 0.774. The second kappa shape index (κ2) is 5.88. The number of sulfonamides is 1. The van der Waals surface area contributed by atoms with Crippen LogP contribution in [0.25, 0.3) is 10.1 Å². The van der Waals surface area contributed by atoms with Crippen molar-refractivity contribution in [1.29, 1.82) is 0 Å². The van der Waals surface area contributed by atoms with Gasteiger partial charge in [0, 0.05) is 28.6 Å². The third-order valence-corrected chi connectivity index (χ3v) is 6.76. The zero-order valence-electron chi connectivity index (χ0n) is 12.7. The van der Waals surface area contributed by atoms with Crippen LogP contribution in [-0.2, 0) is 15.9 Å². The Hall–Kier alpha value is -0.620. The summed E-state index contributed by atoms with van der Waals surface area (Å²) in [5, 5.41) is 0.763. The molecule has 0 fully saturated rings. The monoisotopic (exact) mass is 345 g/mol. The number of nitrogens with zero attached hydrogens (tertiary/aromatic N) is 1. The Balaban J connectivity index is 2.59. The van der Waals surface area contributed by atoms with E-state index in [1.54, 1.807) is 7.05 Å². The predicted octanol–water partition coefficient (Wildman–Crippen LogP) is 4.31. The molecule has 0 aliphatic rings. The number of alkyl halides is 1. The highest BCUT2D eigenvalue weighted by Gasteiger charge is 2.30. The molecule has 1 aromatic carbocycles. The molecule has 0 bridgehead atoms. The number of halogens is 1. The van der Waals surface area contributed by atoms with Gasteiger partial charge in [0.15, 0.2) is 0 Å². The highest BCUT2D eigenvalue weighted by Crippen LogP contribution is 2.37. The molecule has 21 heavy (non-hydrogen) atoms. The van der Waals surface area contributed by atoms with Gasteiger partial charge in [0.05, 0.1) is 5.88 Å². The molecule has 1 heterocycles. The lowest BCUT2D eigenvalue weighted by molar-refractivity contribution is 0.311. The first-order valence-electron chi connectivity index (χ1n) is 6.69. The summed E-state index contributed by atoms with van der Waals surface area (Å²) in [5.41, 5.74) is -0.102. The van der Waals surface area contributed by atoms with Crippen molar-refractivity contribution in [2.24, 2.45) is 5.41 Å². The van der Waals surface area contributed by atoms with Gasteiger partial charge >= 0.3 is 0 Å². The topological polar surface area (TPSA) is 37.4 Å². The summed E-state index contributed by atoms with van der Waals surface area (Å²) in [6.45, 7) is 6.52. The Morgan fingerprint density at radius 1 is 1.24 bits per heavy atom. The molecule has 0 amide bonds. The average molecular weight is 346 g/mol. The molecule has 3 nitrogen and oxygen atoms in total. The number of thiophene rings is 1. The van der Waals surface area contributed by atoms with Gasteiger partial charge in [0.1, 0.15) is 4.90 Å². The SMILES string of the molecule is CN(CC(C)(C)C)S(=O)(=O)c1c(CCl)sc2ccccc12. The van der Waals surface area contributed by atoms with Gasteiger partial charge in [-0.25, -0.2) is 12.7 Å². The van der Waals surface area contributed by atoms with E-state index in [2.05, 4.69) is 0 Å². The number of fused-ring (bicyclic) bond motifs is 1. The van der Waals surface area contributed by atoms with Crippen molar-refractivity contribution in [3.63, 3.8) is 0 Å². The van der Waals surface area contributed by atoms with E-state index in [-0.39, 0.29) is 11.3 Å². The Bertz CT molecular complexity index is 745. The van der Waals surface area contributed by atoms with Gasteiger partial charge in [0.25, 0.3) is 0 Å². The fourth-order valence-electron chi connectivity index (χ4n) is 2.35. The van der Waals surface area contributed by atoms with Crippen molar-refractivity contribution < 1.29 is 8.42 Å². The molecule has 0 atom stereocenters. The second-order valence-corrected chi connectivity index (χ2v) is 9.69. The zero-order chi connectivity index (χ0) is 15.8. The van der Waals surface area contributed by atoms with Crippen LogP contribution in [0.3, 0.4) is 0 Å². The van der Waals surface area contributed by atoms with Crippen LogP contribution in [0, 0.1) is 5.41 Å². The standard InChI is InChI=1S/C15H20ClNO2S2/c1-15(2,3)10-17(4)21(18,19)14-11-7-5-6-8-12(11)20-13(14)9-16/h5-8H,9-10H2,1-4H3. The van der Waals surface area contributed by atoms with Gasteiger partial charge < -0.3 is 0 Å². The Morgan fingerprint density at radius 2 is 1.86 bits per heavy atom. The minimum atomic E-state index is -3.54. The average Bonchev–Trinajstić information content (AvgIpc) is 2.75. The molecule has 116 valence electrons. The molecule has 0 saturated heterocycles. The summed E-state index contributed by atoms with van der Waals surface area (Å²) in [6.07, 6.45) is 0. The Kier molecular flexibility index (Phi) is 4.69. The largest absolute Gasteiger partial charge is 0.244 e. The minimum absolute atomic E-state index is 0.102. The maximum atomic E-state index is 12.9. The Labute approximate surface area is 135 Å². The van der Waals surface area contributed by atoms with Crippen LogP contribution in [0.15, 0.2) is 29.2 Å². The number of benzene rings is 1. The van der Waals surface area contributed by atoms with E-state index in [4.69, 9.17) is 11.6 Å². The fourth-order valence-corrected chi connectivity index (χ4v) is 5.87. The summed E-state index contributed by atoms with van der Waals surface area (Å²) in [4.78, 5) is 1.07. The van der Waals surface area contributed by atoms with Crippen molar-refractivity contribution >= 4 is 43.0 Å². The highest BCUT2D eigenvalue weighted by atomic mass is 35.5. The number of hydrogen-bond donors (Lipinski definition) is 0. The molecular formula is C15H20ClNO2S2. The van der Waals surface area contributed by atoms with E-state index < -0.39 is 10.0 Å². The molecule has 1 aromatic heterocycles. The predicted molar refractivity (Wildman–Crippen MR) is 90.7 cm³/mol. The molecule has 0 aliphatic carbocycles. The van der Waals surface area contributed by atoms with E-state index in [0.29, 0.717) is 16.3 Å². The van der Waals surface area contributed by atoms with Crippen molar-refractivity contribution in [1.82, 2.24) is 4.31 Å². The molecule has 0 aliphatic heterocycles. The van der Waals surface area contributed by atoms with E-state index in [1.165, 1.54) is 15.6 Å². The minimum Gasteiger partial charge on any atom is -0.207 e. The molecule has 0 radical (unpaired) electrons. The molecule has 0 unspecified atom stereocenters. The fraction of sp³-hybridized carbons (Fsp3) is 0.467. The van der Waals surface area contributed by atoms with E-state index in [1.807, 2.05) is 45.0 Å². The summed E-state index contributed by atoms with van der Waals surface area (Å²) < 4.78 is 28.3.